The van der Waals surface area contributed by atoms with Crippen molar-refractivity contribution in [2.45, 2.75) is 40.5 Å². The van der Waals surface area contributed by atoms with Gasteiger partial charge in [-0.2, -0.15) is 5.26 Å². The van der Waals surface area contributed by atoms with Crippen molar-refractivity contribution in [3.8, 4) is 6.07 Å². The van der Waals surface area contributed by atoms with Gasteiger partial charge in [-0.25, -0.2) is 0 Å². The molecule has 1 nitrogen and oxygen atoms in total. The average molecular weight is 165 g/mol. The molecule has 0 spiro atoms. The van der Waals surface area contributed by atoms with Crippen molar-refractivity contribution >= 4 is 0 Å². The predicted molar refractivity (Wildman–Crippen MR) is 52.6 cm³/mol. The molecule has 1 heteroatoms. The number of nitriles is 1. The summed E-state index contributed by atoms with van der Waals surface area (Å²) in [5.41, 5.74) is -0.166. The summed E-state index contributed by atoms with van der Waals surface area (Å²) in [4.78, 5) is 0. The monoisotopic (exact) mass is 165 g/mol. The fraction of sp³-hybridized carbons (Fsp3) is 0.727. The quantitative estimate of drug-likeness (QED) is 0.585. The fourth-order valence-electron chi connectivity index (χ4n) is 1.37. The van der Waals surface area contributed by atoms with Gasteiger partial charge in [0, 0.05) is 0 Å². The zero-order chi connectivity index (χ0) is 9.61. The Bertz CT molecular complexity index is 184. The molecule has 0 aliphatic carbocycles. The van der Waals surface area contributed by atoms with Crippen LogP contribution in [0, 0.1) is 22.7 Å². The molecule has 0 amide bonds. The van der Waals surface area contributed by atoms with Gasteiger partial charge in [-0.05, 0) is 39.5 Å². The van der Waals surface area contributed by atoms with Crippen LogP contribution >= 0.6 is 0 Å². The van der Waals surface area contributed by atoms with Crippen molar-refractivity contribution in [2.24, 2.45) is 11.3 Å². The minimum atomic E-state index is -0.166. The maximum absolute atomic E-state index is 8.80. The molecule has 0 heterocycles. The smallest absolute Gasteiger partial charge is 0.0684 e. The van der Waals surface area contributed by atoms with E-state index in [1.807, 2.05) is 20.8 Å². The van der Waals surface area contributed by atoms with Gasteiger partial charge in [0.2, 0.25) is 0 Å². The van der Waals surface area contributed by atoms with E-state index < -0.39 is 0 Å². The summed E-state index contributed by atoms with van der Waals surface area (Å²) >= 11 is 0. The third kappa shape index (κ3) is 4.96. The third-order valence-corrected chi connectivity index (χ3v) is 1.94. The Hall–Kier alpha value is -0.770. The van der Waals surface area contributed by atoms with E-state index in [-0.39, 0.29) is 5.41 Å². The van der Waals surface area contributed by atoms with Crippen molar-refractivity contribution in [3.63, 3.8) is 0 Å². The molecule has 0 saturated carbocycles. The van der Waals surface area contributed by atoms with Crippen LogP contribution in [0.3, 0.4) is 0 Å². The Morgan fingerprint density at radius 1 is 1.50 bits per heavy atom. The zero-order valence-corrected chi connectivity index (χ0v) is 8.59. The first-order valence-corrected chi connectivity index (χ1v) is 4.54. The topological polar surface area (TPSA) is 23.8 Å². The first kappa shape index (κ1) is 11.2. The van der Waals surface area contributed by atoms with Crippen LogP contribution in [0.4, 0.5) is 0 Å². The SMILES string of the molecule is C/C=C\C[C@@H](C)CC(C)(C)C#N. The molecule has 0 aromatic heterocycles. The Kier molecular flexibility index (Phi) is 4.66. The summed E-state index contributed by atoms with van der Waals surface area (Å²) in [6.07, 6.45) is 6.30. The van der Waals surface area contributed by atoms with Crippen LogP contribution in [0.5, 0.6) is 0 Å². The van der Waals surface area contributed by atoms with E-state index in [2.05, 4.69) is 25.1 Å². The van der Waals surface area contributed by atoms with Gasteiger partial charge < -0.3 is 0 Å². The lowest BCUT2D eigenvalue weighted by molar-refractivity contribution is 0.360. The van der Waals surface area contributed by atoms with Crippen LogP contribution in [0.2, 0.25) is 0 Å². The van der Waals surface area contributed by atoms with E-state index in [4.69, 9.17) is 5.26 Å². The van der Waals surface area contributed by atoms with Gasteiger partial charge in [0.1, 0.15) is 0 Å². The number of nitrogens with zero attached hydrogens (tertiary/aromatic N) is 1. The largest absolute Gasteiger partial charge is 0.198 e. The van der Waals surface area contributed by atoms with Gasteiger partial charge in [-0.1, -0.05) is 19.1 Å². The molecule has 0 aromatic carbocycles. The summed E-state index contributed by atoms with van der Waals surface area (Å²) in [7, 11) is 0. The molecule has 0 saturated heterocycles. The van der Waals surface area contributed by atoms with Gasteiger partial charge in [-0.3, -0.25) is 0 Å². The third-order valence-electron chi connectivity index (χ3n) is 1.94. The number of hydrogen-bond acceptors (Lipinski definition) is 1. The standard InChI is InChI=1S/C11H19N/c1-5-6-7-10(2)8-11(3,4)9-12/h5-6,10H,7-8H2,1-4H3/b6-5-/t10-/m1/s1. The van der Waals surface area contributed by atoms with E-state index >= 15 is 0 Å². The Labute approximate surface area is 76.1 Å². The first-order valence-electron chi connectivity index (χ1n) is 4.54. The minimum Gasteiger partial charge on any atom is -0.198 e. The average Bonchev–Trinajstić information content (AvgIpc) is 2.00. The van der Waals surface area contributed by atoms with Gasteiger partial charge in [0.15, 0.2) is 0 Å². The molecule has 0 aliphatic rings. The van der Waals surface area contributed by atoms with Crippen molar-refractivity contribution in [2.75, 3.05) is 0 Å². The fourth-order valence-corrected chi connectivity index (χ4v) is 1.37. The minimum absolute atomic E-state index is 0.166. The van der Waals surface area contributed by atoms with E-state index in [1.165, 1.54) is 0 Å². The van der Waals surface area contributed by atoms with Crippen molar-refractivity contribution < 1.29 is 0 Å². The van der Waals surface area contributed by atoms with Crippen LogP contribution in [0.1, 0.15) is 40.5 Å². The van der Waals surface area contributed by atoms with E-state index in [9.17, 15) is 0 Å². The summed E-state index contributed by atoms with van der Waals surface area (Å²) in [5.74, 6) is 0.607. The molecule has 0 aromatic rings. The summed E-state index contributed by atoms with van der Waals surface area (Å²) in [5, 5.41) is 8.80. The van der Waals surface area contributed by atoms with Crippen LogP contribution in [-0.2, 0) is 0 Å². The molecular formula is C11H19N. The second kappa shape index (κ2) is 4.98. The Morgan fingerprint density at radius 3 is 2.50 bits per heavy atom. The normalized spacial score (nSPS) is 14.6. The number of allylic oxidation sites excluding steroid dienone is 2. The maximum Gasteiger partial charge on any atom is 0.0684 e. The Morgan fingerprint density at radius 2 is 2.08 bits per heavy atom. The molecule has 1 atom stereocenters. The molecule has 0 radical (unpaired) electrons. The number of rotatable bonds is 4. The van der Waals surface area contributed by atoms with Crippen molar-refractivity contribution in [1.29, 1.82) is 5.26 Å². The number of hydrogen-bond donors (Lipinski definition) is 0. The van der Waals surface area contributed by atoms with Crippen molar-refractivity contribution in [1.82, 2.24) is 0 Å². The van der Waals surface area contributed by atoms with Crippen LogP contribution in [0.25, 0.3) is 0 Å². The molecule has 0 aliphatic heterocycles. The lowest BCUT2D eigenvalue weighted by Gasteiger charge is -2.19. The highest BCUT2D eigenvalue weighted by Crippen LogP contribution is 2.25. The summed E-state index contributed by atoms with van der Waals surface area (Å²) < 4.78 is 0. The molecular weight excluding hydrogens is 146 g/mol. The predicted octanol–water partition coefficient (Wildman–Crippen LogP) is 3.53. The maximum atomic E-state index is 8.80. The van der Waals surface area contributed by atoms with Gasteiger partial charge in [-0.15, -0.1) is 0 Å². The van der Waals surface area contributed by atoms with Crippen molar-refractivity contribution in [3.05, 3.63) is 12.2 Å². The summed E-state index contributed by atoms with van der Waals surface area (Å²) in [6.45, 7) is 8.22. The highest BCUT2D eigenvalue weighted by molar-refractivity contribution is 4.93. The van der Waals surface area contributed by atoms with Crippen LogP contribution in [-0.4, -0.2) is 0 Å². The molecule has 0 rings (SSSR count). The lowest BCUT2D eigenvalue weighted by Crippen LogP contribution is -2.12. The second-order valence-corrected chi connectivity index (χ2v) is 4.11. The van der Waals surface area contributed by atoms with E-state index in [0.717, 1.165) is 12.8 Å². The zero-order valence-electron chi connectivity index (χ0n) is 8.59. The van der Waals surface area contributed by atoms with Gasteiger partial charge in [0.25, 0.3) is 0 Å². The molecule has 0 N–H and O–H groups in total. The first-order chi connectivity index (χ1) is 5.52. The molecule has 12 heavy (non-hydrogen) atoms. The Balaban J connectivity index is 3.85. The molecule has 0 fully saturated rings. The highest BCUT2D eigenvalue weighted by Gasteiger charge is 2.19. The molecule has 68 valence electrons. The van der Waals surface area contributed by atoms with Crippen LogP contribution < -0.4 is 0 Å². The van der Waals surface area contributed by atoms with E-state index in [1.54, 1.807) is 0 Å². The van der Waals surface area contributed by atoms with Gasteiger partial charge in [0.05, 0.1) is 11.5 Å². The lowest BCUT2D eigenvalue weighted by atomic mass is 9.83. The molecule has 0 unspecified atom stereocenters. The molecule has 0 bridgehead atoms. The van der Waals surface area contributed by atoms with Crippen LogP contribution in [0.15, 0.2) is 12.2 Å². The second-order valence-electron chi connectivity index (χ2n) is 4.11. The van der Waals surface area contributed by atoms with Gasteiger partial charge >= 0.3 is 0 Å². The highest BCUT2D eigenvalue weighted by atomic mass is 14.3. The summed E-state index contributed by atoms with van der Waals surface area (Å²) in [6, 6.07) is 2.32. The van der Waals surface area contributed by atoms with E-state index in [0.29, 0.717) is 5.92 Å².